The van der Waals surface area contributed by atoms with Gasteiger partial charge >= 0.3 is 5.97 Å². The van der Waals surface area contributed by atoms with Crippen LogP contribution in [-0.4, -0.2) is 26.8 Å². The van der Waals surface area contributed by atoms with Crippen molar-refractivity contribution < 1.29 is 9.53 Å². The van der Waals surface area contributed by atoms with Gasteiger partial charge < -0.3 is 4.74 Å². The second-order valence-electron chi connectivity index (χ2n) is 3.96. The lowest BCUT2D eigenvalue weighted by molar-refractivity contribution is 0.0378. The minimum atomic E-state index is -0.420. The summed E-state index contributed by atoms with van der Waals surface area (Å²) >= 11 is 6.12. The first-order valence-corrected chi connectivity index (χ1v) is 5.82. The molecule has 0 aliphatic rings. The molecular weight excluding hydrogens is 254 g/mol. The van der Waals surface area contributed by atoms with Crippen LogP contribution in [0.2, 0.25) is 5.02 Å². The maximum Gasteiger partial charge on any atom is 0.340 e. The zero-order valence-corrected chi connectivity index (χ0v) is 10.8. The average molecular weight is 266 g/mol. The second-order valence-corrected chi connectivity index (χ2v) is 4.37. The molecule has 5 nitrogen and oxygen atoms in total. The number of aromatic nitrogens is 3. The van der Waals surface area contributed by atoms with Crippen molar-refractivity contribution in [1.82, 2.24) is 14.8 Å². The molecule has 1 heterocycles. The van der Waals surface area contributed by atoms with Crippen LogP contribution in [-0.2, 0) is 4.74 Å². The van der Waals surface area contributed by atoms with Crippen LogP contribution in [0.5, 0.6) is 0 Å². The number of benzene rings is 1. The van der Waals surface area contributed by atoms with Crippen molar-refractivity contribution >= 4 is 17.6 Å². The van der Waals surface area contributed by atoms with Gasteiger partial charge in [-0.2, -0.15) is 0 Å². The highest BCUT2D eigenvalue weighted by Gasteiger charge is 2.17. The highest BCUT2D eigenvalue weighted by Crippen LogP contribution is 2.24. The molecule has 0 bridgehead atoms. The van der Waals surface area contributed by atoms with Gasteiger partial charge in [0.1, 0.15) is 12.7 Å². The number of nitrogens with zero attached hydrogens (tertiary/aromatic N) is 3. The quantitative estimate of drug-likeness (QED) is 0.800. The van der Waals surface area contributed by atoms with E-state index in [9.17, 15) is 4.79 Å². The van der Waals surface area contributed by atoms with Crippen molar-refractivity contribution in [3.63, 3.8) is 0 Å². The van der Waals surface area contributed by atoms with Gasteiger partial charge in [0.2, 0.25) is 0 Å². The van der Waals surface area contributed by atoms with Crippen LogP contribution in [0, 0.1) is 0 Å². The molecule has 0 radical (unpaired) electrons. The van der Waals surface area contributed by atoms with Crippen molar-refractivity contribution in [2.45, 2.75) is 20.0 Å². The molecule has 2 aromatic rings. The number of ether oxygens (including phenoxy) is 1. The summed E-state index contributed by atoms with van der Waals surface area (Å²) in [5.74, 6) is -0.420. The maximum absolute atomic E-state index is 12.0. The predicted octanol–water partition coefficient (Wildman–Crippen LogP) is 2.49. The fourth-order valence-electron chi connectivity index (χ4n) is 1.54. The summed E-state index contributed by atoms with van der Waals surface area (Å²) in [6, 6.07) is 5.06. The summed E-state index contributed by atoms with van der Waals surface area (Å²) in [6.45, 7) is 3.59. The molecule has 0 aliphatic heterocycles. The van der Waals surface area contributed by atoms with Crippen LogP contribution in [0.4, 0.5) is 0 Å². The Balaban J connectivity index is 2.48. The van der Waals surface area contributed by atoms with Gasteiger partial charge in [-0.1, -0.05) is 17.7 Å². The summed E-state index contributed by atoms with van der Waals surface area (Å²) in [4.78, 5) is 12.0. The number of rotatable bonds is 3. The Kier molecular flexibility index (Phi) is 3.62. The molecule has 0 N–H and O–H groups in total. The van der Waals surface area contributed by atoms with E-state index >= 15 is 0 Å². The standard InChI is InChI=1S/C12H12ClN3O2/c1-8(2)18-12(17)9-4-3-5-10(13)11(9)16-6-14-15-7-16/h3-8H,1-2H3. The first-order valence-electron chi connectivity index (χ1n) is 5.44. The van der Waals surface area contributed by atoms with Gasteiger partial charge in [-0.25, -0.2) is 4.79 Å². The first kappa shape index (κ1) is 12.6. The number of hydrogen-bond donors (Lipinski definition) is 0. The van der Waals surface area contributed by atoms with Crippen LogP contribution in [0.25, 0.3) is 5.69 Å². The molecule has 0 atom stereocenters. The number of carbonyl (C=O) groups is 1. The van der Waals surface area contributed by atoms with Crippen molar-refractivity contribution in [2.24, 2.45) is 0 Å². The van der Waals surface area contributed by atoms with Gasteiger partial charge in [0.05, 0.1) is 22.4 Å². The monoisotopic (exact) mass is 265 g/mol. The zero-order chi connectivity index (χ0) is 13.1. The number of hydrogen-bond acceptors (Lipinski definition) is 4. The third-order valence-electron chi connectivity index (χ3n) is 2.23. The normalized spacial score (nSPS) is 10.7. The molecule has 0 saturated heterocycles. The van der Waals surface area contributed by atoms with Crippen LogP contribution in [0.15, 0.2) is 30.9 Å². The highest BCUT2D eigenvalue weighted by atomic mass is 35.5. The summed E-state index contributed by atoms with van der Waals surface area (Å²) < 4.78 is 6.76. The molecule has 0 aliphatic carbocycles. The van der Waals surface area contributed by atoms with Gasteiger partial charge in [0, 0.05) is 0 Å². The fraction of sp³-hybridized carbons (Fsp3) is 0.250. The molecule has 0 spiro atoms. The number of esters is 1. The topological polar surface area (TPSA) is 57.0 Å². The van der Waals surface area contributed by atoms with Crippen LogP contribution in [0.3, 0.4) is 0 Å². The van der Waals surface area contributed by atoms with Gasteiger partial charge in [0.25, 0.3) is 0 Å². The molecule has 1 aromatic heterocycles. The summed E-state index contributed by atoms with van der Waals surface area (Å²) in [6.07, 6.45) is 2.77. The van der Waals surface area contributed by atoms with Crippen molar-refractivity contribution in [1.29, 1.82) is 0 Å². The van der Waals surface area contributed by atoms with Crippen LogP contribution in [0.1, 0.15) is 24.2 Å². The average Bonchev–Trinajstić information content (AvgIpc) is 2.80. The van der Waals surface area contributed by atoms with Gasteiger partial charge in [-0.15, -0.1) is 10.2 Å². The molecule has 0 fully saturated rings. The van der Waals surface area contributed by atoms with E-state index in [0.717, 1.165) is 0 Å². The van der Waals surface area contributed by atoms with E-state index in [0.29, 0.717) is 16.3 Å². The first-order chi connectivity index (χ1) is 8.59. The molecule has 2 rings (SSSR count). The third-order valence-corrected chi connectivity index (χ3v) is 2.53. The van der Waals surface area contributed by atoms with Gasteiger partial charge in [-0.3, -0.25) is 4.57 Å². The van der Waals surface area contributed by atoms with Crippen LogP contribution < -0.4 is 0 Å². The van der Waals surface area contributed by atoms with Crippen LogP contribution >= 0.6 is 11.6 Å². The van der Waals surface area contributed by atoms with E-state index in [1.54, 1.807) is 36.6 Å². The molecule has 6 heteroatoms. The molecule has 1 aromatic carbocycles. The summed E-state index contributed by atoms with van der Waals surface area (Å²) in [5.41, 5.74) is 0.908. The van der Waals surface area contributed by atoms with Gasteiger partial charge in [-0.05, 0) is 26.0 Å². The minimum absolute atomic E-state index is 0.190. The summed E-state index contributed by atoms with van der Waals surface area (Å²) in [7, 11) is 0. The van der Waals surface area contributed by atoms with E-state index in [1.165, 1.54) is 12.7 Å². The second kappa shape index (κ2) is 5.18. The van der Waals surface area contributed by atoms with Crippen molar-refractivity contribution in [3.8, 4) is 5.69 Å². The number of para-hydroxylation sites is 1. The third kappa shape index (κ3) is 2.51. The minimum Gasteiger partial charge on any atom is -0.459 e. The van der Waals surface area contributed by atoms with E-state index in [4.69, 9.17) is 16.3 Å². The molecule has 18 heavy (non-hydrogen) atoms. The predicted molar refractivity (Wildman–Crippen MR) is 66.9 cm³/mol. The maximum atomic E-state index is 12.0. The van der Waals surface area contributed by atoms with E-state index < -0.39 is 5.97 Å². The molecular formula is C12H12ClN3O2. The fourth-order valence-corrected chi connectivity index (χ4v) is 1.81. The molecule has 94 valence electrons. The molecule has 0 amide bonds. The largest absolute Gasteiger partial charge is 0.459 e. The Bertz CT molecular complexity index is 552. The molecule has 0 unspecified atom stereocenters. The van der Waals surface area contributed by atoms with E-state index in [2.05, 4.69) is 10.2 Å². The zero-order valence-electron chi connectivity index (χ0n) is 10.0. The Morgan fingerprint density at radius 2 is 2.00 bits per heavy atom. The Morgan fingerprint density at radius 3 is 2.61 bits per heavy atom. The SMILES string of the molecule is CC(C)OC(=O)c1cccc(Cl)c1-n1cnnc1. The van der Waals surface area contributed by atoms with E-state index in [1.807, 2.05) is 0 Å². The summed E-state index contributed by atoms with van der Waals surface area (Å²) in [5, 5.41) is 7.84. The smallest absolute Gasteiger partial charge is 0.340 e. The Morgan fingerprint density at radius 1 is 1.33 bits per heavy atom. The highest BCUT2D eigenvalue weighted by molar-refractivity contribution is 6.33. The van der Waals surface area contributed by atoms with E-state index in [-0.39, 0.29) is 6.10 Å². The lowest BCUT2D eigenvalue weighted by Crippen LogP contribution is -2.14. The lowest BCUT2D eigenvalue weighted by Gasteiger charge is -2.12. The van der Waals surface area contributed by atoms with Gasteiger partial charge in [0.15, 0.2) is 0 Å². The van der Waals surface area contributed by atoms with Crippen molar-refractivity contribution in [2.75, 3.05) is 0 Å². The Hall–Kier alpha value is -1.88. The number of carbonyl (C=O) groups excluding carboxylic acids is 1. The lowest BCUT2D eigenvalue weighted by atomic mass is 10.1. The Labute approximate surface area is 109 Å². The number of halogens is 1. The molecule has 0 saturated carbocycles. The van der Waals surface area contributed by atoms with Crippen molar-refractivity contribution in [3.05, 3.63) is 41.4 Å².